The summed E-state index contributed by atoms with van der Waals surface area (Å²) in [4.78, 5) is 24.4. The minimum absolute atomic E-state index is 0.0493. The van der Waals surface area contributed by atoms with E-state index in [0.717, 1.165) is 18.5 Å². The number of carbonyl (C=O) groups excluding carboxylic acids is 2. The molecule has 1 fully saturated rings. The Morgan fingerprint density at radius 3 is 2.39 bits per heavy atom. The molecule has 0 atom stereocenters. The lowest BCUT2D eigenvalue weighted by Crippen LogP contribution is -2.36. The second-order valence-electron chi connectivity index (χ2n) is 6.89. The van der Waals surface area contributed by atoms with Gasteiger partial charge in [0, 0.05) is 17.3 Å². The number of halogens is 2. The van der Waals surface area contributed by atoms with Crippen LogP contribution in [0.25, 0.3) is 0 Å². The molecule has 0 radical (unpaired) electrons. The van der Waals surface area contributed by atoms with Crippen LogP contribution in [-0.4, -0.2) is 24.4 Å². The van der Waals surface area contributed by atoms with E-state index in [2.05, 4.69) is 16.0 Å². The molecule has 1 aliphatic rings. The van der Waals surface area contributed by atoms with Crippen LogP contribution >= 0.6 is 23.2 Å². The van der Waals surface area contributed by atoms with Gasteiger partial charge in [-0.05, 0) is 49.2 Å². The summed E-state index contributed by atoms with van der Waals surface area (Å²) in [6, 6.07) is 12.4. The Morgan fingerprint density at radius 2 is 1.68 bits per heavy atom. The van der Waals surface area contributed by atoms with E-state index < -0.39 is 0 Å². The van der Waals surface area contributed by atoms with Crippen LogP contribution in [0.15, 0.2) is 42.5 Å². The van der Waals surface area contributed by atoms with E-state index in [1.807, 2.05) is 0 Å². The van der Waals surface area contributed by atoms with Gasteiger partial charge in [-0.2, -0.15) is 0 Å². The van der Waals surface area contributed by atoms with Crippen LogP contribution in [0.4, 0.5) is 11.4 Å². The number of hydrogen-bond acceptors (Lipinski definition) is 3. The molecule has 0 heterocycles. The average molecular weight is 420 g/mol. The first-order valence-electron chi connectivity index (χ1n) is 9.41. The highest BCUT2D eigenvalue weighted by atomic mass is 35.5. The molecule has 7 heteroatoms. The highest BCUT2D eigenvalue weighted by Gasteiger charge is 2.16. The number of benzene rings is 2. The second-order valence-corrected chi connectivity index (χ2v) is 7.67. The largest absolute Gasteiger partial charge is 0.376 e. The summed E-state index contributed by atoms with van der Waals surface area (Å²) in [5.41, 5.74) is 1.84. The van der Waals surface area contributed by atoms with Crippen molar-refractivity contribution >= 4 is 46.4 Å². The van der Waals surface area contributed by atoms with Crippen molar-refractivity contribution in [2.24, 2.45) is 0 Å². The van der Waals surface area contributed by atoms with Crippen molar-refractivity contribution in [3.05, 3.63) is 58.1 Å². The molecule has 2 aromatic rings. The van der Waals surface area contributed by atoms with Crippen LogP contribution in [0.3, 0.4) is 0 Å². The van der Waals surface area contributed by atoms with Gasteiger partial charge >= 0.3 is 0 Å². The first kappa shape index (κ1) is 20.5. The number of hydrogen-bond donors (Lipinski definition) is 3. The van der Waals surface area contributed by atoms with E-state index in [9.17, 15) is 9.59 Å². The lowest BCUT2D eigenvalue weighted by atomic mass is 9.95. The molecule has 0 spiro atoms. The highest BCUT2D eigenvalue weighted by molar-refractivity contribution is 6.44. The van der Waals surface area contributed by atoms with Crippen molar-refractivity contribution in [1.29, 1.82) is 0 Å². The molecule has 28 heavy (non-hydrogen) atoms. The third-order valence-corrected chi connectivity index (χ3v) is 5.59. The van der Waals surface area contributed by atoms with Gasteiger partial charge < -0.3 is 16.0 Å². The molecule has 2 amide bonds. The van der Waals surface area contributed by atoms with Gasteiger partial charge in [-0.3, -0.25) is 9.59 Å². The van der Waals surface area contributed by atoms with Crippen LogP contribution in [0.1, 0.15) is 42.5 Å². The lowest BCUT2D eigenvalue weighted by molar-refractivity contribution is -0.114. The van der Waals surface area contributed by atoms with Crippen LogP contribution in [0.2, 0.25) is 10.0 Å². The Morgan fingerprint density at radius 1 is 0.964 bits per heavy atom. The normalized spacial score (nSPS) is 14.4. The van der Waals surface area contributed by atoms with Gasteiger partial charge in [0.15, 0.2) is 0 Å². The zero-order valence-corrected chi connectivity index (χ0v) is 16.9. The fraction of sp³-hybridized carbons (Fsp3) is 0.333. The molecule has 148 valence electrons. The topological polar surface area (TPSA) is 70.2 Å². The zero-order valence-electron chi connectivity index (χ0n) is 15.4. The molecular weight excluding hydrogens is 397 g/mol. The van der Waals surface area contributed by atoms with Crippen molar-refractivity contribution in [2.45, 2.75) is 38.1 Å². The van der Waals surface area contributed by atoms with Gasteiger partial charge in [0.25, 0.3) is 5.91 Å². The summed E-state index contributed by atoms with van der Waals surface area (Å²) >= 11 is 12.0. The van der Waals surface area contributed by atoms with Gasteiger partial charge in [-0.15, -0.1) is 0 Å². The summed E-state index contributed by atoms with van der Waals surface area (Å²) < 4.78 is 0. The monoisotopic (exact) mass is 419 g/mol. The van der Waals surface area contributed by atoms with E-state index in [1.54, 1.807) is 42.5 Å². The Labute approximate surface area is 174 Å². The minimum Gasteiger partial charge on any atom is -0.376 e. The van der Waals surface area contributed by atoms with Crippen molar-refractivity contribution in [3.63, 3.8) is 0 Å². The lowest BCUT2D eigenvalue weighted by Gasteiger charge is -2.22. The van der Waals surface area contributed by atoms with Crippen LogP contribution in [0.5, 0.6) is 0 Å². The third kappa shape index (κ3) is 5.63. The Kier molecular flexibility index (Phi) is 7.18. The van der Waals surface area contributed by atoms with E-state index in [-0.39, 0.29) is 24.4 Å². The summed E-state index contributed by atoms with van der Waals surface area (Å²) in [5, 5.41) is 9.53. The van der Waals surface area contributed by atoms with Gasteiger partial charge in [0.1, 0.15) is 0 Å². The predicted molar refractivity (Wildman–Crippen MR) is 114 cm³/mol. The molecule has 2 aromatic carbocycles. The van der Waals surface area contributed by atoms with Crippen molar-refractivity contribution in [1.82, 2.24) is 5.32 Å². The van der Waals surface area contributed by atoms with Gasteiger partial charge in [-0.1, -0.05) is 48.5 Å². The maximum atomic E-state index is 12.3. The van der Waals surface area contributed by atoms with E-state index >= 15 is 0 Å². The summed E-state index contributed by atoms with van der Waals surface area (Å²) in [5.74, 6) is -0.296. The van der Waals surface area contributed by atoms with Crippen molar-refractivity contribution < 1.29 is 9.59 Å². The summed E-state index contributed by atoms with van der Waals surface area (Å²) in [6.45, 7) is 0.0659. The molecule has 0 aliphatic heterocycles. The molecule has 3 rings (SSSR count). The molecule has 3 N–H and O–H groups in total. The minimum atomic E-state index is -0.247. The molecule has 5 nitrogen and oxygen atoms in total. The fourth-order valence-corrected chi connectivity index (χ4v) is 3.58. The number of amides is 2. The standard InChI is InChI=1S/C21H23Cl2N3O2/c22-17-7-4-8-18(20(17)23)26-19(27)13-24-15-11-9-14(10-12-15)21(28)25-16-5-2-1-3-6-16/h4,7-12,16,24H,1-3,5-6,13H2,(H,25,28)(H,26,27). The number of anilines is 2. The van der Waals surface area contributed by atoms with Gasteiger partial charge in [-0.25, -0.2) is 0 Å². The fourth-order valence-electron chi connectivity index (χ4n) is 3.23. The summed E-state index contributed by atoms with van der Waals surface area (Å²) in [7, 11) is 0. The first-order valence-corrected chi connectivity index (χ1v) is 10.2. The first-order chi connectivity index (χ1) is 13.5. The van der Waals surface area contributed by atoms with Crippen molar-refractivity contribution in [3.8, 4) is 0 Å². The quantitative estimate of drug-likeness (QED) is 0.609. The molecule has 0 unspecified atom stereocenters. The average Bonchev–Trinajstić information content (AvgIpc) is 2.71. The highest BCUT2D eigenvalue weighted by Crippen LogP contribution is 2.29. The second kappa shape index (κ2) is 9.80. The Hall–Kier alpha value is -2.24. The van der Waals surface area contributed by atoms with Crippen molar-refractivity contribution in [2.75, 3.05) is 17.2 Å². The SMILES string of the molecule is O=C(CNc1ccc(C(=O)NC2CCCCC2)cc1)Nc1cccc(Cl)c1Cl. The predicted octanol–water partition coefficient (Wildman–Crippen LogP) is 5.11. The molecule has 1 aliphatic carbocycles. The van der Waals surface area contributed by atoms with Crippen LogP contribution < -0.4 is 16.0 Å². The maximum Gasteiger partial charge on any atom is 0.251 e. The smallest absolute Gasteiger partial charge is 0.251 e. The number of nitrogens with one attached hydrogen (secondary N) is 3. The van der Waals surface area contributed by atoms with E-state index in [4.69, 9.17) is 23.2 Å². The molecule has 1 saturated carbocycles. The zero-order chi connectivity index (χ0) is 19.9. The molecule has 0 aromatic heterocycles. The molecule has 0 saturated heterocycles. The third-order valence-electron chi connectivity index (χ3n) is 4.77. The Balaban J connectivity index is 1.49. The van der Waals surface area contributed by atoms with Crippen LogP contribution in [0, 0.1) is 0 Å². The van der Waals surface area contributed by atoms with Gasteiger partial charge in [0.05, 0.1) is 22.3 Å². The van der Waals surface area contributed by atoms with Crippen LogP contribution in [-0.2, 0) is 4.79 Å². The number of rotatable bonds is 6. The molecular formula is C21H23Cl2N3O2. The molecule has 0 bridgehead atoms. The summed E-state index contributed by atoms with van der Waals surface area (Å²) in [6.07, 6.45) is 5.71. The van der Waals surface area contributed by atoms with E-state index in [0.29, 0.717) is 21.3 Å². The Bertz CT molecular complexity index is 834. The number of carbonyl (C=O) groups is 2. The maximum absolute atomic E-state index is 12.3. The van der Waals surface area contributed by atoms with E-state index in [1.165, 1.54) is 19.3 Å². The van der Waals surface area contributed by atoms with Gasteiger partial charge in [0.2, 0.25) is 5.91 Å².